The molecule has 1 aromatic heterocycles. The van der Waals surface area contributed by atoms with Gasteiger partial charge in [0.1, 0.15) is 22.0 Å². The number of nitrogens with two attached hydrogens (primary N) is 1. The molecule has 36 heavy (non-hydrogen) atoms. The molecule has 0 aliphatic carbocycles. The molecule has 9 nitrogen and oxygen atoms in total. The zero-order valence-corrected chi connectivity index (χ0v) is 20.9. The standard InChI is InChI=1S/C26H24N2O7S/c1-32-16-11-7-5-9-14(16)13-18-23(29)28-22(27)20(25(30)34-3)19(15-10-6-8-12-17(15)33-2)21(24(28)36-18)26(31)35-4/h5-13,19H,27H2,1-4H3/b18-13-/t19-/m0/s1. The second-order valence-corrected chi connectivity index (χ2v) is 8.70. The maximum Gasteiger partial charge on any atom is 0.338 e. The summed E-state index contributed by atoms with van der Waals surface area (Å²) in [6, 6.07) is 14.1. The van der Waals surface area contributed by atoms with Crippen LogP contribution in [0.2, 0.25) is 0 Å². The van der Waals surface area contributed by atoms with E-state index < -0.39 is 23.4 Å². The van der Waals surface area contributed by atoms with Crippen molar-refractivity contribution in [3.05, 3.63) is 84.8 Å². The third-order valence-corrected chi connectivity index (χ3v) is 6.94. The van der Waals surface area contributed by atoms with Gasteiger partial charge in [-0.05, 0) is 18.2 Å². The highest BCUT2D eigenvalue weighted by atomic mass is 32.1. The summed E-state index contributed by atoms with van der Waals surface area (Å²) in [4.78, 5) is 39.8. The summed E-state index contributed by atoms with van der Waals surface area (Å²) < 4.78 is 22.7. The number of carbonyl (C=O) groups excluding carboxylic acids is 2. The molecule has 1 aliphatic heterocycles. The fourth-order valence-electron chi connectivity index (χ4n) is 4.21. The number of nitrogens with zero attached hydrogens (tertiary/aromatic N) is 1. The molecule has 186 valence electrons. The van der Waals surface area contributed by atoms with Gasteiger partial charge in [0.15, 0.2) is 0 Å². The number of benzene rings is 2. The van der Waals surface area contributed by atoms with Gasteiger partial charge in [-0.1, -0.05) is 36.4 Å². The normalized spacial score (nSPS) is 15.4. The maximum atomic E-state index is 13.6. The molecule has 0 saturated heterocycles. The maximum absolute atomic E-state index is 13.6. The lowest BCUT2D eigenvalue weighted by Gasteiger charge is -2.27. The summed E-state index contributed by atoms with van der Waals surface area (Å²) in [5, 5.41) is 0. The van der Waals surface area contributed by atoms with Crippen LogP contribution < -0.4 is 30.0 Å². The summed E-state index contributed by atoms with van der Waals surface area (Å²) in [6.07, 6.45) is 1.65. The van der Waals surface area contributed by atoms with E-state index >= 15 is 0 Å². The van der Waals surface area contributed by atoms with Crippen LogP contribution in [-0.4, -0.2) is 44.9 Å². The van der Waals surface area contributed by atoms with E-state index in [0.717, 1.165) is 15.9 Å². The predicted octanol–water partition coefficient (Wildman–Crippen LogP) is 1.18. The second kappa shape index (κ2) is 10.1. The molecule has 0 spiro atoms. The van der Waals surface area contributed by atoms with E-state index in [2.05, 4.69) is 0 Å². The van der Waals surface area contributed by atoms with Crippen LogP contribution in [0.15, 0.2) is 58.9 Å². The number of methoxy groups -OCH3 is 4. The fraction of sp³-hybridized carbons (Fsp3) is 0.192. The Morgan fingerprint density at radius 2 is 1.47 bits per heavy atom. The molecule has 0 radical (unpaired) electrons. The van der Waals surface area contributed by atoms with Crippen molar-refractivity contribution in [2.24, 2.45) is 5.73 Å². The molecule has 0 saturated carbocycles. The van der Waals surface area contributed by atoms with Gasteiger partial charge in [-0.15, -0.1) is 11.3 Å². The Kier molecular flexibility index (Phi) is 6.98. The Labute approximate surface area is 210 Å². The number of esters is 2. The van der Waals surface area contributed by atoms with Crippen molar-refractivity contribution >= 4 is 40.7 Å². The molecule has 2 N–H and O–H groups in total. The van der Waals surface area contributed by atoms with E-state index in [-0.39, 0.29) is 26.2 Å². The highest BCUT2D eigenvalue weighted by Gasteiger charge is 2.40. The van der Waals surface area contributed by atoms with Gasteiger partial charge in [0.2, 0.25) is 0 Å². The van der Waals surface area contributed by atoms with Crippen molar-refractivity contribution in [3.8, 4) is 11.5 Å². The highest BCUT2D eigenvalue weighted by Crippen LogP contribution is 2.41. The lowest BCUT2D eigenvalue weighted by atomic mass is 9.82. The molecule has 0 fully saturated rings. The molecular weight excluding hydrogens is 484 g/mol. The minimum atomic E-state index is -1.00. The molecule has 2 aromatic carbocycles. The Bertz CT molecular complexity index is 1570. The third-order valence-electron chi connectivity index (χ3n) is 5.83. The number of ether oxygens (including phenoxy) is 4. The lowest BCUT2D eigenvalue weighted by Crippen LogP contribution is -2.41. The minimum absolute atomic E-state index is 0.0679. The number of thiazole rings is 1. The van der Waals surface area contributed by atoms with Crippen LogP contribution >= 0.6 is 11.3 Å². The van der Waals surface area contributed by atoms with Crippen LogP contribution in [0, 0.1) is 0 Å². The molecule has 3 aromatic rings. The Hall–Kier alpha value is -4.31. The highest BCUT2D eigenvalue weighted by molar-refractivity contribution is 7.07. The van der Waals surface area contributed by atoms with Crippen LogP contribution in [-0.2, 0) is 19.1 Å². The van der Waals surface area contributed by atoms with Crippen LogP contribution in [0.3, 0.4) is 0 Å². The van der Waals surface area contributed by atoms with Gasteiger partial charge in [0.05, 0.1) is 50.0 Å². The average Bonchev–Trinajstić information content (AvgIpc) is 3.23. The van der Waals surface area contributed by atoms with Crippen molar-refractivity contribution in [1.29, 1.82) is 0 Å². The minimum Gasteiger partial charge on any atom is -0.496 e. The SMILES string of the molecule is COC(=O)C1=C(N)n2c(s/c(=C\c3ccccc3OC)c2=O)=C(C(=O)OC)[C@H]1c1ccccc1OC. The quantitative estimate of drug-likeness (QED) is 0.493. The molecule has 0 amide bonds. The number of carbonyl (C=O) groups is 2. The molecule has 10 heteroatoms. The first-order chi connectivity index (χ1) is 17.4. The van der Waals surface area contributed by atoms with Crippen LogP contribution in [0.5, 0.6) is 11.5 Å². The lowest BCUT2D eigenvalue weighted by molar-refractivity contribution is -0.136. The summed E-state index contributed by atoms with van der Waals surface area (Å²) in [7, 11) is 5.44. The number of rotatable bonds is 6. The molecular formula is C26H24N2O7S. The zero-order chi connectivity index (χ0) is 26.0. The van der Waals surface area contributed by atoms with Gasteiger partial charge in [-0.2, -0.15) is 0 Å². The smallest absolute Gasteiger partial charge is 0.338 e. The summed E-state index contributed by atoms with van der Waals surface area (Å²) in [5.41, 5.74) is 7.11. The summed E-state index contributed by atoms with van der Waals surface area (Å²) >= 11 is 1.06. The average molecular weight is 509 g/mol. The van der Waals surface area contributed by atoms with Gasteiger partial charge in [-0.3, -0.25) is 9.36 Å². The molecule has 2 heterocycles. The van der Waals surface area contributed by atoms with Crippen LogP contribution in [0.1, 0.15) is 17.0 Å². The van der Waals surface area contributed by atoms with Crippen molar-refractivity contribution in [2.75, 3.05) is 28.4 Å². The van der Waals surface area contributed by atoms with Crippen molar-refractivity contribution in [3.63, 3.8) is 0 Å². The largest absolute Gasteiger partial charge is 0.496 e. The van der Waals surface area contributed by atoms with E-state index in [1.54, 1.807) is 42.5 Å². The third kappa shape index (κ3) is 4.05. The first kappa shape index (κ1) is 24.8. The van der Waals surface area contributed by atoms with Crippen LogP contribution in [0.25, 0.3) is 17.5 Å². The first-order valence-corrected chi connectivity index (χ1v) is 11.6. The Morgan fingerprint density at radius 3 is 2.11 bits per heavy atom. The van der Waals surface area contributed by atoms with Gasteiger partial charge < -0.3 is 24.7 Å². The molecule has 0 unspecified atom stereocenters. The van der Waals surface area contributed by atoms with Crippen LogP contribution in [0.4, 0.5) is 0 Å². The van der Waals surface area contributed by atoms with Crippen molar-refractivity contribution in [2.45, 2.75) is 5.92 Å². The topological polar surface area (TPSA) is 119 Å². The molecule has 4 rings (SSSR count). The molecule has 0 bridgehead atoms. The zero-order valence-electron chi connectivity index (χ0n) is 20.1. The summed E-state index contributed by atoms with van der Waals surface area (Å²) in [6.45, 7) is 0. The van der Waals surface area contributed by atoms with E-state index in [4.69, 9.17) is 24.7 Å². The van der Waals surface area contributed by atoms with Gasteiger partial charge in [-0.25, -0.2) is 9.59 Å². The van der Waals surface area contributed by atoms with Gasteiger partial charge in [0, 0.05) is 11.1 Å². The van der Waals surface area contributed by atoms with E-state index in [9.17, 15) is 14.4 Å². The van der Waals surface area contributed by atoms with Crippen molar-refractivity contribution < 1.29 is 28.5 Å². The number of fused-ring (bicyclic) bond motifs is 1. The number of para-hydroxylation sites is 2. The second-order valence-electron chi connectivity index (χ2n) is 7.67. The van der Waals surface area contributed by atoms with Gasteiger partial charge in [0.25, 0.3) is 5.56 Å². The Balaban J connectivity index is 2.16. The Morgan fingerprint density at radius 1 is 0.889 bits per heavy atom. The van der Waals surface area contributed by atoms with Crippen molar-refractivity contribution in [1.82, 2.24) is 4.57 Å². The molecule has 1 aliphatic rings. The van der Waals surface area contributed by atoms with E-state index in [1.807, 2.05) is 12.1 Å². The number of hydrogen-bond acceptors (Lipinski definition) is 9. The van der Waals surface area contributed by atoms with Gasteiger partial charge >= 0.3 is 11.9 Å². The number of hydrogen-bond donors (Lipinski definition) is 1. The van der Waals surface area contributed by atoms with E-state index in [1.165, 1.54) is 28.4 Å². The monoisotopic (exact) mass is 508 g/mol. The number of aromatic nitrogens is 1. The van der Waals surface area contributed by atoms with E-state index in [0.29, 0.717) is 22.6 Å². The fourth-order valence-corrected chi connectivity index (χ4v) is 5.36. The molecule has 1 atom stereocenters. The first-order valence-electron chi connectivity index (χ1n) is 10.8. The summed E-state index contributed by atoms with van der Waals surface area (Å²) in [5.74, 6) is -1.66. The predicted molar refractivity (Wildman–Crippen MR) is 135 cm³/mol.